The second-order valence-electron chi connectivity index (χ2n) is 4.36. The molecular weight excluding hydrogens is 251 g/mol. The lowest BCUT2D eigenvalue weighted by Gasteiger charge is -2.25. The standard InChI is InChI=1S/C13H17FN2OS/c1-3-13(2,11(15)18)12(17)16-8-9-4-6-10(14)7-5-9/h4-7H,3,8H2,1-2H3,(H2,15,18)(H,16,17). The van der Waals surface area contributed by atoms with Gasteiger partial charge in [0.1, 0.15) is 5.82 Å². The minimum Gasteiger partial charge on any atom is -0.392 e. The summed E-state index contributed by atoms with van der Waals surface area (Å²) in [7, 11) is 0. The minimum atomic E-state index is -0.838. The molecule has 0 aromatic heterocycles. The number of carbonyl (C=O) groups excluding carboxylic acids is 1. The van der Waals surface area contributed by atoms with Gasteiger partial charge in [-0.05, 0) is 31.0 Å². The van der Waals surface area contributed by atoms with Crippen molar-refractivity contribution in [2.45, 2.75) is 26.8 Å². The van der Waals surface area contributed by atoms with Gasteiger partial charge >= 0.3 is 0 Å². The van der Waals surface area contributed by atoms with E-state index in [1.807, 2.05) is 6.92 Å². The van der Waals surface area contributed by atoms with E-state index in [-0.39, 0.29) is 16.7 Å². The van der Waals surface area contributed by atoms with Crippen molar-refractivity contribution < 1.29 is 9.18 Å². The van der Waals surface area contributed by atoms with Gasteiger partial charge in [0.25, 0.3) is 0 Å². The van der Waals surface area contributed by atoms with Crippen LogP contribution in [0.4, 0.5) is 4.39 Å². The molecule has 0 heterocycles. The Kier molecular flexibility index (Phi) is 4.78. The van der Waals surface area contributed by atoms with Gasteiger partial charge in [-0.1, -0.05) is 31.3 Å². The molecule has 1 atom stereocenters. The van der Waals surface area contributed by atoms with Gasteiger partial charge in [-0.3, -0.25) is 4.79 Å². The van der Waals surface area contributed by atoms with Crippen LogP contribution in [0.25, 0.3) is 0 Å². The van der Waals surface area contributed by atoms with Crippen molar-refractivity contribution in [3.8, 4) is 0 Å². The smallest absolute Gasteiger partial charge is 0.233 e. The van der Waals surface area contributed by atoms with Gasteiger partial charge in [0.2, 0.25) is 5.91 Å². The Morgan fingerprint density at radius 2 is 2.00 bits per heavy atom. The number of carbonyl (C=O) groups is 1. The number of nitrogens with one attached hydrogen (secondary N) is 1. The maximum absolute atomic E-state index is 12.7. The molecule has 0 spiro atoms. The number of rotatable bonds is 5. The summed E-state index contributed by atoms with van der Waals surface area (Å²) >= 11 is 4.92. The zero-order valence-electron chi connectivity index (χ0n) is 10.5. The molecule has 0 bridgehead atoms. The predicted molar refractivity (Wildman–Crippen MR) is 73.4 cm³/mol. The summed E-state index contributed by atoms with van der Waals surface area (Å²) in [5, 5.41) is 2.76. The molecule has 5 heteroatoms. The highest BCUT2D eigenvalue weighted by molar-refractivity contribution is 7.80. The Labute approximate surface area is 112 Å². The first kappa shape index (κ1) is 14.6. The van der Waals surface area contributed by atoms with E-state index < -0.39 is 5.41 Å². The molecule has 1 rings (SSSR count). The SMILES string of the molecule is CCC(C)(C(=O)NCc1ccc(F)cc1)C(N)=S. The number of nitrogens with two attached hydrogens (primary N) is 1. The number of amides is 1. The van der Waals surface area contributed by atoms with E-state index >= 15 is 0 Å². The Morgan fingerprint density at radius 3 is 2.44 bits per heavy atom. The lowest BCUT2D eigenvalue weighted by Crippen LogP contribution is -2.46. The van der Waals surface area contributed by atoms with Crippen molar-refractivity contribution in [3.05, 3.63) is 35.6 Å². The molecule has 0 aliphatic heterocycles. The van der Waals surface area contributed by atoms with E-state index in [1.54, 1.807) is 19.1 Å². The molecule has 1 amide bonds. The molecule has 0 saturated heterocycles. The molecule has 0 radical (unpaired) electrons. The van der Waals surface area contributed by atoms with Crippen LogP contribution in [0.5, 0.6) is 0 Å². The molecule has 18 heavy (non-hydrogen) atoms. The van der Waals surface area contributed by atoms with E-state index in [4.69, 9.17) is 18.0 Å². The second-order valence-corrected chi connectivity index (χ2v) is 4.80. The largest absolute Gasteiger partial charge is 0.392 e. The van der Waals surface area contributed by atoms with Gasteiger partial charge in [-0.15, -0.1) is 0 Å². The fraction of sp³-hybridized carbons (Fsp3) is 0.385. The molecular formula is C13H17FN2OS. The van der Waals surface area contributed by atoms with Crippen molar-refractivity contribution in [2.75, 3.05) is 0 Å². The first-order chi connectivity index (χ1) is 8.40. The fourth-order valence-electron chi connectivity index (χ4n) is 1.43. The van der Waals surface area contributed by atoms with Crippen molar-refractivity contribution >= 4 is 23.1 Å². The lowest BCUT2D eigenvalue weighted by molar-refractivity contribution is -0.127. The summed E-state index contributed by atoms with van der Waals surface area (Å²) in [5.41, 5.74) is 5.58. The van der Waals surface area contributed by atoms with Crippen LogP contribution in [0.15, 0.2) is 24.3 Å². The maximum Gasteiger partial charge on any atom is 0.233 e. The van der Waals surface area contributed by atoms with Crippen molar-refractivity contribution in [1.82, 2.24) is 5.32 Å². The Bertz CT molecular complexity index is 447. The molecule has 3 N–H and O–H groups in total. The average molecular weight is 268 g/mol. The molecule has 98 valence electrons. The van der Waals surface area contributed by atoms with Crippen LogP contribution in [-0.2, 0) is 11.3 Å². The van der Waals surface area contributed by atoms with Crippen molar-refractivity contribution in [1.29, 1.82) is 0 Å². The van der Waals surface area contributed by atoms with Crippen molar-refractivity contribution in [2.24, 2.45) is 11.1 Å². The van der Waals surface area contributed by atoms with Gasteiger partial charge < -0.3 is 11.1 Å². The normalized spacial score (nSPS) is 13.7. The number of halogens is 1. The average Bonchev–Trinajstić information content (AvgIpc) is 2.36. The summed E-state index contributed by atoms with van der Waals surface area (Å²) in [6.07, 6.45) is 0.539. The summed E-state index contributed by atoms with van der Waals surface area (Å²) in [5.74, 6) is -0.506. The first-order valence-corrected chi connectivity index (χ1v) is 6.13. The van der Waals surface area contributed by atoms with Crippen LogP contribution in [0.2, 0.25) is 0 Å². The molecule has 1 aromatic carbocycles. The third kappa shape index (κ3) is 3.26. The van der Waals surface area contributed by atoms with E-state index in [1.165, 1.54) is 12.1 Å². The van der Waals surface area contributed by atoms with Crippen LogP contribution in [0.3, 0.4) is 0 Å². The monoisotopic (exact) mass is 268 g/mol. The molecule has 0 saturated carbocycles. The van der Waals surface area contributed by atoms with Gasteiger partial charge in [0.15, 0.2) is 0 Å². The van der Waals surface area contributed by atoms with Crippen LogP contribution >= 0.6 is 12.2 Å². The van der Waals surface area contributed by atoms with E-state index in [0.29, 0.717) is 13.0 Å². The van der Waals surface area contributed by atoms with Crippen LogP contribution in [0, 0.1) is 11.2 Å². The minimum absolute atomic E-state index is 0.182. The first-order valence-electron chi connectivity index (χ1n) is 5.73. The summed E-state index contributed by atoms with van der Waals surface area (Å²) in [6.45, 7) is 3.91. The molecule has 0 fully saturated rings. The van der Waals surface area contributed by atoms with E-state index in [9.17, 15) is 9.18 Å². The van der Waals surface area contributed by atoms with Crippen molar-refractivity contribution in [3.63, 3.8) is 0 Å². The van der Waals surface area contributed by atoms with Gasteiger partial charge in [0.05, 0.1) is 10.4 Å². The number of thiocarbonyl (C=S) groups is 1. The zero-order valence-corrected chi connectivity index (χ0v) is 11.3. The van der Waals surface area contributed by atoms with Crippen LogP contribution in [0.1, 0.15) is 25.8 Å². The van der Waals surface area contributed by atoms with E-state index in [2.05, 4.69) is 5.32 Å². The number of hydrogen-bond donors (Lipinski definition) is 2. The highest BCUT2D eigenvalue weighted by Gasteiger charge is 2.34. The van der Waals surface area contributed by atoms with Gasteiger partial charge in [-0.25, -0.2) is 4.39 Å². The zero-order chi connectivity index (χ0) is 13.8. The summed E-state index contributed by atoms with van der Waals surface area (Å²) < 4.78 is 12.7. The summed E-state index contributed by atoms with van der Waals surface area (Å²) in [4.78, 5) is 12.2. The topological polar surface area (TPSA) is 55.1 Å². The molecule has 1 aromatic rings. The molecule has 1 unspecified atom stereocenters. The van der Waals surface area contributed by atoms with Crippen LogP contribution < -0.4 is 11.1 Å². The Hall–Kier alpha value is -1.49. The summed E-state index contributed by atoms with van der Waals surface area (Å²) in [6, 6.07) is 5.96. The van der Waals surface area contributed by atoms with Gasteiger partial charge in [0, 0.05) is 6.54 Å². The third-order valence-corrected chi connectivity index (χ3v) is 3.57. The lowest BCUT2D eigenvalue weighted by atomic mass is 9.86. The maximum atomic E-state index is 12.7. The fourth-order valence-corrected chi connectivity index (χ4v) is 1.66. The van der Waals surface area contributed by atoms with Crippen LogP contribution in [-0.4, -0.2) is 10.9 Å². The molecule has 3 nitrogen and oxygen atoms in total. The number of hydrogen-bond acceptors (Lipinski definition) is 2. The second kappa shape index (κ2) is 5.91. The molecule has 0 aliphatic carbocycles. The molecule has 0 aliphatic rings. The van der Waals surface area contributed by atoms with Gasteiger partial charge in [-0.2, -0.15) is 0 Å². The Morgan fingerprint density at radius 1 is 1.44 bits per heavy atom. The number of benzene rings is 1. The Balaban J connectivity index is 2.66. The highest BCUT2D eigenvalue weighted by Crippen LogP contribution is 2.21. The predicted octanol–water partition coefficient (Wildman–Crippen LogP) is 2.14. The van der Waals surface area contributed by atoms with E-state index in [0.717, 1.165) is 5.56 Å². The quantitative estimate of drug-likeness (QED) is 0.804. The third-order valence-electron chi connectivity index (χ3n) is 3.12. The highest BCUT2D eigenvalue weighted by atomic mass is 32.1.